The van der Waals surface area contributed by atoms with E-state index in [0.717, 1.165) is 25.7 Å². The average molecular weight is 672 g/mol. The highest BCUT2D eigenvalue weighted by atomic mass is 16.7. The van der Waals surface area contributed by atoms with Crippen LogP contribution in [0.3, 0.4) is 0 Å². The molecule has 5 saturated carbocycles. The summed E-state index contributed by atoms with van der Waals surface area (Å²) >= 11 is 0. The van der Waals surface area contributed by atoms with Crippen molar-refractivity contribution in [3.63, 3.8) is 0 Å². The molecule has 2 saturated heterocycles. The van der Waals surface area contributed by atoms with Crippen LogP contribution in [-0.2, 0) is 19.0 Å². The zero-order valence-corrected chi connectivity index (χ0v) is 31.6. The Balaban J connectivity index is 1.09. The van der Waals surface area contributed by atoms with Gasteiger partial charge in [-0.2, -0.15) is 0 Å². The molecule has 7 rings (SSSR count). The van der Waals surface area contributed by atoms with E-state index in [1.165, 1.54) is 25.7 Å². The molecule has 0 radical (unpaired) electrons. The minimum atomic E-state index is -0.503. The number of rotatable bonds is 5. The molecular formula is C39H65N3O6. The van der Waals surface area contributed by atoms with Crippen molar-refractivity contribution in [1.82, 2.24) is 14.7 Å². The monoisotopic (exact) mass is 671 g/mol. The first-order chi connectivity index (χ1) is 22.4. The first-order valence-electron chi connectivity index (χ1n) is 19.3. The summed E-state index contributed by atoms with van der Waals surface area (Å²) in [6.45, 7) is 18.4. The summed E-state index contributed by atoms with van der Waals surface area (Å²) in [5, 5.41) is 12.5. The number of ether oxygens (including phenoxy) is 3. The summed E-state index contributed by atoms with van der Waals surface area (Å²) in [6, 6.07) is -0.0109. The van der Waals surface area contributed by atoms with Gasteiger partial charge in [-0.1, -0.05) is 48.5 Å². The number of carbonyl (C=O) groups excluding carboxylic acids is 2. The molecule has 3 amide bonds. The van der Waals surface area contributed by atoms with E-state index in [1.54, 1.807) is 23.9 Å². The van der Waals surface area contributed by atoms with Gasteiger partial charge in [0, 0.05) is 45.6 Å². The quantitative estimate of drug-likeness (QED) is 0.407. The second-order valence-corrected chi connectivity index (χ2v) is 19.1. The van der Waals surface area contributed by atoms with Gasteiger partial charge in [0.05, 0.1) is 37.6 Å². The normalized spacial score (nSPS) is 48.8. The van der Waals surface area contributed by atoms with Crippen molar-refractivity contribution in [2.75, 3.05) is 47.4 Å². The predicted octanol–water partition coefficient (Wildman–Crippen LogP) is 5.64. The van der Waals surface area contributed by atoms with Crippen molar-refractivity contribution in [3.05, 3.63) is 0 Å². The lowest BCUT2D eigenvalue weighted by molar-refractivity contribution is -0.248. The molecule has 9 nitrogen and oxygen atoms in total. The van der Waals surface area contributed by atoms with E-state index in [-0.39, 0.29) is 64.1 Å². The molecule has 5 aliphatic carbocycles. The fraction of sp³-hybridized carbons (Fsp3) is 0.949. The molecule has 7 fully saturated rings. The van der Waals surface area contributed by atoms with Crippen LogP contribution >= 0.6 is 0 Å². The third-order valence-corrected chi connectivity index (χ3v) is 16.2. The Bertz CT molecular complexity index is 1290. The summed E-state index contributed by atoms with van der Waals surface area (Å²) in [4.78, 5) is 30.7. The van der Waals surface area contributed by atoms with Crippen LogP contribution in [-0.4, -0.2) is 110 Å². The van der Waals surface area contributed by atoms with Gasteiger partial charge in [-0.15, -0.1) is 0 Å². The highest BCUT2D eigenvalue weighted by Gasteiger charge is 2.84. The number of hydrogen-bond acceptors (Lipinski definition) is 6. The van der Waals surface area contributed by atoms with Crippen molar-refractivity contribution in [1.29, 1.82) is 0 Å². The fourth-order valence-electron chi connectivity index (χ4n) is 13.9. The molecule has 0 bridgehead atoms. The van der Waals surface area contributed by atoms with Gasteiger partial charge in [0.25, 0.3) is 0 Å². The van der Waals surface area contributed by atoms with Crippen LogP contribution < -0.4 is 0 Å². The second kappa shape index (κ2) is 11.5. The molecular weight excluding hydrogens is 606 g/mol. The number of carbonyl (C=O) groups is 2. The highest BCUT2D eigenvalue weighted by Crippen LogP contribution is 2.89. The maximum Gasteiger partial charge on any atom is 0.319 e. The van der Waals surface area contributed by atoms with E-state index >= 15 is 0 Å². The minimum Gasteiger partial charge on any atom is -0.390 e. The van der Waals surface area contributed by atoms with Crippen LogP contribution in [0.15, 0.2) is 0 Å². The molecule has 1 N–H and O–H groups in total. The molecule has 272 valence electrons. The number of hydrogen-bond donors (Lipinski definition) is 1. The Morgan fingerprint density at radius 3 is 2.38 bits per heavy atom. The van der Waals surface area contributed by atoms with Crippen LogP contribution in [0.2, 0.25) is 0 Å². The lowest BCUT2D eigenvalue weighted by Gasteiger charge is -2.64. The standard InChI is InChI=1S/C39H65N3O6/c1-23(2)33(44)42-17-18-46-29(21-42)48-28-13-14-38-22-39(38)16-15-36(6)30-24(3)19-25(20-41(10)34(45)40(8)9)47-31(30)32(43)37(36,7)27(39)12-11-26(38)35(28,4)5/h23-32,43H,11-22H2,1-10H3/t24-,25?,26+,27?,28+,29+,30?,31?,32+,36-,37-,38-,39+/m1/s1. The summed E-state index contributed by atoms with van der Waals surface area (Å²) in [5.41, 5.74) is 0.416. The number of fused-ring (bicyclic) bond motifs is 4. The number of nitrogens with zero attached hydrogens (tertiary/aromatic N) is 3. The van der Waals surface area contributed by atoms with E-state index in [4.69, 9.17) is 14.2 Å². The van der Waals surface area contributed by atoms with Crippen molar-refractivity contribution < 1.29 is 28.9 Å². The SMILES string of the molecule is CC(C)C(=O)N1CCO[C@@H](O[C@H]2CC[C@]34C[C@]35CC[C@]3(C)C6C(OC(CN(C)C(=O)N(C)C)C[C@H]6C)[C@H](O)[C@@]3(C)C5CC[C@H]4C2(C)C)C1. The number of aliphatic hydroxyl groups excluding tert-OH is 1. The Kier molecular flexibility index (Phi) is 8.42. The van der Waals surface area contributed by atoms with E-state index < -0.39 is 6.10 Å². The van der Waals surface area contributed by atoms with Gasteiger partial charge < -0.3 is 34.0 Å². The number of urea groups is 1. The molecule has 0 aromatic heterocycles. The number of aliphatic hydroxyl groups is 1. The van der Waals surface area contributed by atoms with Gasteiger partial charge in [-0.05, 0) is 96.7 Å². The highest BCUT2D eigenvalue weighted by molar-refractivity contribution is 5.78. The smallest absolute Gasteiger partial charge is 0.319 e. The van der Waals surface area contributed by atoms with Crippen LogP contribution in [0.5, 0.6) is 0 Å². The Morgan fingerprint density at radius 2 is 1.69 bits per heavy atom. The Labute approximate surface area is 289 Å². The lowest BCUT2D eigenvalue weighted by atomic mass is 9.41. The minimum absolute atomic E-state index is 0.00517. The van der Waals surface area contributed by atoms with E-state index in [0.29, 0.717) is 55.3 Å². The van der Waals surface area contributed by atoms with Crippen LogP contribution in [0.4, 0.5) is 4.79 Å². The van der Waals surface area contributed by atoms with Gasteiger partial charge in [-0.3, -0.25) is 4.79 Å². The molecule has 2 heterocycles. The summed E-state index contributed by atoms with van der Waals surface area (Å²) < 4.78 is 19.8. The van der Waals surface area contributed by atoms with E-state index in [1.807, 2.05) is 25.8 Å². The summed E-state index contributed by atoms with van der Waals surface area (Å²) in [7, 11) is 5.44. The maximum absolute atomic E-state index is 12.8. The van der Waals surface area contributed by atoms with Crippen LogP contribution in [0, 0.1) is 56.7 Å². The third kappa shape index (κ3) is 4.67. The Morgan fingerprint density at radius 1 is 1.00 bits per heavy atom. The molecule has 9 heteroatoms. The summed E-state index contributed by atoms with van der Waals surface area (Å²) in [5.74, 6) is 1.98. The molecule has 48 heavy (non-hydrogen) atoms. The summed E-state index contributed by atoms with van der Waals surface area (Å²) in [6.07, 6.45) is 8.15. The number of likely N-dealkylation sites (N-methyl/N-ethyl adjacent to an activating group) is 1. The van der Waals surface area contributed by atoms with Gasteiger partial charge in [-0.25, -0.2) is 4.79 Å². The molecule has 0 aromatic carbocycles. The number of morpholine rings is 1. The van der Waals surface area contributed by atoms with Gasteiger partial charge in [0.2, 0.25) is 5.91 Å². The van der Waals surface area contributed by atoms with Crippen molar-refractivity contribution in [2.45, 2.75) is 131 Å². The van der Waals surface area contributed by atoms with Crippen molar-refractivity contribution in [2.24, 2.45) is 56.7 Å². The maximum atomic E-state index is 12.8. The lowest BCUT2D eigenvalue weighted by Crippen LogP contribution is -2.60. The van der Waals surface area contributed by atoms with E-state index in [2.05, 4.69) is 34.6 Å². The zero-order chi connectivity index (χ0) is 34.8. The Hall–Kier alpha value is -1.42. The average Bonchev–Trinajstić information content (AvgIpc) is 3.66. The predicted molar refractivity (Wildman–Crippen MR) is 184 cm³/mol. The van der Waals surface area contributed by atoms with Gasteiger partial charge >= 0.3 is 6.03 Å². The van der Waals surface area contributed by atoms with Gasteiger partial charge in [0.1, 0.15) is 0 Å². The fourth-order valence-corrected chi connectivity index (χ4v) is 13.9. The number of amides is 3. The van der Waals surface area contributed by atoms with Crippen LogP contribution in [0.1, 0.15) is 99.8 Å². The van der Waals surface area contributed by atoms with Crippen molar-refractivity contribution >= 4 is 11.9 Å². The van der Waals surface area contributed by atoms with Crippen molar-refractivity contribution in [3.8, 4) is 0 Å². The third-order valence-electron chi connectivity index (χ3n) is 16.2. The molecule has 13 atom stereocenters. The molecule has 2 spiro atoms. The molecule has 2 aliphatic heterocycles. The first-order valence-corrected chi connectivity index (χ1v) is 19.3. The topological polar surface area (TPSA) is 91.8 Å². The molecule has 4 unspecified atom stereocenters. The molecule has 0 aromatic rings. The second-order valence-electron chi connectivity index (χ2n) is 19.1. The largest absolute Gasteiger partial charge is 0.390 e. The zero-order valence-electron chi connectivity index (χ0n) is 31.6. The van der Waals surface area contributed by atoms with Gasteiger partial charge in [0.15, 0.2) is 6.29 Å². The molecule has 7 aliphatic rings. The van der Waals surface area contributed by atoms with Crippen LogP contribution in [0.25, 0.3) is 0 Å². The van der Waals surface area contributed by atoms with E-state index in [9.17, 15) is 14.7 Å². The first kappa shape index (κ1) is 35.0.